The second-order valence-corrected chi connectivity index (χ2v) is 7.72. The third-order valence-corrected chi connectivity index (χ3v) is 5.74. The van der Waals surface area contributed by atoms with Crippen molar-refractivity contribution in [1.82, 2.24) is 9.55 Å². The predicted octanol–water partition coefficient (Wildman–Crippen LogP) is 3.87. The van der Waals surface area contributed by atoms with Gasteiger partial charge in [-0.3, -0.25) is 9.36 Å². The van der Waals surface area contributed by atoms with Gasteiger partial charge in [0.05, 0.1) is 16.6 Å². The standard InChI is InChI=1S/C17H16N2O3S2/c1-4-23-17-18-14-13(9(2)10(3)24-14)15(20)19(17)12-7-5-11(6-8-12)16(21)22/h5-8H,4H2,1-3H3,(H,21,22). The topological polar surface area (TPSA) is 72.2 Å². The molecule has 1 aromatic carbocycles. The van der Waals surface area contributed by atoms with E-state index < -0.39 is 5.97 Å². The highest BCUT2D eigenvalue weighted by Gasteiger charge is 2.17. The molecule has 2 aromatic heterocycles. The van der Waals surface area contributed by atoms with E-state index in [1.54, 1.807) is 16.7 Å². The lowest BCUT2D eigenvalue weighted by atomic mass is 10.2. The van der Waals surface area contributed by atoms with Crippen molar-refractivity contribution in [3.63, 3.8) is 0 Å². The minimum absolute atomic E-state index is 0.110. The predicted molar refractivity (Wildman–Crippen MR) is 98.0 cm³/mol. The number of fused-ring (bicyclic) bond motifs is 1. The van der Waals surface area contributed by atoms with E-state index in [0.717, 1.165) is 21.0 Å². The lowest BCUT2D eigenvalue weighted by Crippen LogP contribution is -2.21. The Bertz CT molecular complexity index is 988. The Kier molecular flexibility index (Phi) is 4.47. The van der Waals surface area contributed by atoms with Crippen LogP contribution in [0.15, 0.2) is 34.2 Å². The summed E-state index contributed by atoms with van der Waals surface area (Å²) in [6.07, 6.45) is 0. The lowest BCUT2D eigenvalue weighted by molar-refractivity contribution is 0.0697. The van der Waals surface area contributed by atoms with Crippen LogP contribution in [0, 0.1) is 13.8 Å². The van der Waals surface area contributed by atoms with Crippen molar-refractivity contribution < 1.29 is 9.90 Å². The molecule has 5 nitrogen and oxygen atoms in total. The van der Waals surface area contributed by atoms with Crippen LogP contribution in [0.5, 0.6) is 0 Å². The molecular weight excluding hydrogens is 344 g/mol. The number of aromatic nitrogens is 2. The van der Waals surface area contributed by atoms with Gasteiger partial charge in [0.1, 0.15) is 4.83 Å². The number of carboxylic acids is 1. The van der Waals surface area contributed by atoms with E-state index in [2.05, 4.69) is 4.98 Å². The molecule has 0 spiro atoms. The molecule has 0 aliphatic rings. The van der Waals surface area contributed by atoms with E-state index in [9.17, 15) is 9.59 Å². The van der Waals surface area contributed by atoms with Gasteiger partial charge in [-0.1, -0.05) is 18.7 Å². The molecule has 0 fully saturated rings. The van der Waals surface area contributed by atoms with Gasteiger partial charge in [0, 0.05) is 4.88 Å². The summed E-state index contributed by atoms with van der Waals surface area (Å²) in [5.41, 5.74) is 1.66. The van der Waals surface area contributed by atoms with Crippen molar-refractivity contribution in [1.29, 1.82) is 0 Å². The van der Waals surface area contributed by atoms with Crippen LogP contribution in [0.25, 0.3) is 15.9 Å². The van der Waals surface area contributed by atoms with E-state index >= 15 is 0 Å². The maximum absolute atomic E-state index is 13.1. The van der Waals surface area contributed by atoms with Gasteiger partial charge < -0.3 is 5.11 Å². The SMILES string of the molecule is CCSc1nc2sc(C)c(C)c2c(=O)n1-c1ccc(C(=O)O)cc1. The number of aromatic carboxylic acids is 1. The van der Waals surface area contributed by atoms with Gasteiger partial charge in [0.15, 0.2) is 5.16 Å². The first-order chi connectivity index (χ1) is 11.4. The first kappa shape index (κ1) is 16.7. The summed E-state index contributed by atoms with van der Waals surface area (Å²) in [4.78, 5) is 30.6. The van der Waals surface area contributed by atoms with Crippen LogP contribution in [0.3, 0.4) is 0 Å². The third-order valence-electron chi connectivity index (χ3n) is 3.82. The van der Waals surface area contributed by atoms with Gasteiger partial charge in [-0.05, 0) is 49.4 Å². The number of hydrogen-bond acceptors (Lipinski definition) is 5. The van der Waals surface area contributed by atoms with Crippen molar-refractivity contribution in [2.75, 3.05) is 5.75 Å². The van der Waals surface area contributed by atoms with Crippen LogP contribution in [0.2, 0.25) is 0 Å². The summed E-state index contributed by atoms with van der Waals surface area (Å²) >= 11 is 3.02. The molecule has 0 atom stereocenters. The number of hydrogen-bond donors (Lipinski definition) is 1. The smallest absolute Gasteiger partial charge is 0.335 e. The van der Waals surface area contributed by atoms with Crippen molar-refractivity contribution >= 4 is 39.3 Å². The van der Waals surface area contributed by atoms with Crippen LogP contribution < -0.4 is 5.56 Å². The summed E-state index contributed by atoms with van der Waals surface area (Å²) in [7, 11) is 0. The molecule has 0 aliphatic heterocycles. The van der Waals surface area contributed by atoms with Crippen LogP contribution in [-0.2, 0) is 0 Å². The van der Waals surface area contributed by atoms with Crippen LogP contribution in [0.1, 0.15) is 27.7 Å². The molecule has 24 heavy (non-hydrogen) atoms. The van der Waals surface area contributed by atoms with Crippen molar-refractivity contribution in [3.05, 3.63) is 50.6 Å². The number of benzene rings is 1. The maximum Gasteiger partial charge on any atom is 0.335 e. The Labute approximate surface area is 147 Å². The van der Waals surface area contributed by atoms with Crippen molar-refractivity contribution in [2.45, 2.75) is 25.9 Å². The quantitative estimate of drug-likeness (QED) is 0.565. The highest BCUT2D eigenvalue weighted by atomic mass is 32.2. The van der Waals surface area contributed by atoms with Gasteiger partial charge in [-0.15, -0.1) is 11.3 Å². The highest BCUT2D eigenvalue weighted by Crippen LogP contribution is 2.29. The third kappa shape index (κ3) is 2.74. The fourth-order valence-corrected chi connectivity index (χ4v) is 4.29. The van der Waals surface area contributed by atoms with Crippen LogP contribution in [-0.4, -0.2) is 26.4 Å². The molecule has 124 valence electrons. The monoisotopic (exact) mass is 360 g/mol. The zero-order valence-corrected chi connectivity index (χ0v) is 15.1. The number of carboxylic acid groups (broad SMARTS) is 1. The van der Waals surface area contributed by atoms with Gasteiger partial charge >= 0.3 is 5.97 Å². The zero-order chi connectivity index (χ0) is 17.4. The Morgan fingerprint density at radius 2 is 1.96 bits per heavy atom. The van der Waals surface area contributed by atoms with Crippen molar-refractivity contribution in [3.8, 4) is 5.69 Å². The van der Waals surface area contributed by atoms with E-state index in [1.807, 2.05) is 20.8 Å². The number of carbonyl (C=O) groups is 1. The molecule has 0 aliphatic carbocycles. The molecule has 7 heteroatoms. The van der Waals surface area contributed by atoms with Crippen molar-refractivity contribution in [2.24, 2.45) is 0 Å². The van der Waals surface area contributed by atoms with Gasteiger partial charge in [-0.2, -0.15) is 0 Å². The molecule has 2 heterocycles. The largest absolute Gasteiger partial charge is 0.478 e. The number of aryl methyl sites for hydroxylation is 2. The molecule has 0 saturated heterocycles. The summed E-state index contributed by atoms with van der Waals surface area (Å²) in [6, 6.07) is 6.29. The van der Waals surface area contributed by atoms with Gasteiger partial charge in [0.2, 0.25) is 0 Å². The van der Waals surface area contributed by atoms with E-state index in [-0.39, 0.29) is 11.1 Å². The summed E-state index contributed by atoms with van der Waals surface area (Å²) in [5.74, 6) is -0.205. The molecule has 3 rings (SSSR count). The van der Waals surface area contributed by atoms with E-state index in [4.69, 9.17) is 5.11 Å². The van der Waals surface area contributed by atoms with Gasteiger partial charge in [0.25, 0.3) is 5.56 Å². The Hall–Kier alpha value is -2.12. The lowest BCUT2D eigenvalue weighted by Gasteiger charge is -2.12. The van der Waals surface area contributed by atoms with Crippen LogP contribution in [0.4, 0.5) is 0 Å². The average Bonchev–Trinajstić information content (AvgIpc) is 2.83. The minimum atomic E-state index is -0.991. The Morgan fingerprint density at radius 1 is 1.29 bits per heavy atom. The molecule has 0 amide bonds. The molecule has 3 aromatic rings. The Morgan fingerprint density at radius 3 is 2.54 bits per heavy atom. The van der Waals surface area contributed by atoms with E-state index in [0.29, 0.717) is 16.2 Å². The average molecular weight is 360 g/mol. The van der Waals surface area contributed by atoms with Crippen LogP contribution >= 0.6 is 23.1 Å². The maximum atomic E-state index is 13.1. The normalized spacial score (nSPS) is 11.1. The molecule has 0 bridgehead atoms. The molecule has 0 unspecified atom stereocenters. The highest BCUT2D eigenvalue weighted by molar-refractivity contribution is 7.99. The first-order valence-electron chi connectivity index (χ1n) is 7.43. The fraction of sp³-hybridized carbons (Fsp3) is 0.235. The molecule has 0 saturated carbocycles. The first-order valence-corrected chi connectivity index (χ1v) is 9.23. The molecular formula is C17H16N2O3S2. The zero-order valence-electron chi connectivity index (χ0n) is 13.5. The number of thiophene rings is 1. The second-order valence-electron chi connectivity index (χ2n) is 5.28. The number of nitrogens with zero attached hydrogens (tertiary/aromatic N) is 2. The molecule has 1 N–H and O–H groups in total. The van der Waals surface area contributed by atoms with Gasteiger partial charge in [-0.25, -0.2) is 9.78 Å². The minimum Gasteiger partial charge on any atom is -0.478 e. The summed E-state index contributed by atoms with van der Waals surface area (Å²) < 4.78 is 1.57. The van der Waals surface area contributed by atoms with E-state index in [1.165, 1.54) is 35.2 Å². The summed E-state index contributed by atoms with van der Waals surface area (Å²) in [6.45, 7) is 5.92. The number of rotatable bonds is 4. The molecule has 0 radical (unpaired) electrons. The fourth-order valence-electron chi connectivity index (χ4n) is 2.48. The Balaban J connectivity index is 2.30. The number of thioether (sulfide) groups is 1. The summed E-state index contributed by atoms with van der Waals surface area (Å²) in [5, 5.41) is 10.3. The second kappa shape index (κ2) is 6.41.